The van der Waals surface area contributed by atoms with Crippen molar-refractivity contribution < 1.29 is 9.53 Å². The van der Waals surface area contributed by atoms with Gasteiger partial charge in [0.05, 0.1) is 6.07 Å². The third-order valence-electron chi connectivity index (χ3n) is 4.45. The van der Waals surface area contributed by atoms with Gasteiger partial charge >= 0.3 is 0 Å². The van der Waals surface area contributed by atoms with E-state index < -0.39 is 5.54 Å². The molecule has 0 saturated heterocycles. The number of halogens is 1. The minimum atomic E-state index is -0.702. The van der Waals surface area contributed by atoms with Crippen LogP contribution in [0.5, 0.6) is 5.75 Å². The summed E-state index contributed by atoms with van der Waals surface area (Å²) in [5, 5.41) is 12.1. The molecule has 0 radical (unpaired) electrons. The molecule has 1 aliphatic carbocycles. The van der Waals surface area contributed by atoms with Crippen LogP contribution in [0.15, 0.2) is 53.0 Å². The molecule has 1 amide bonds. The zero-order valence-corrected chi connectivity index (χ0v) is 15.4. The number of nitriles is 1. The van der Waals surface area contributed by atoms with Crippen LogP contribution < -0.4 is 10.1 Å². The third-order valence-corrected chi connectivity index (χ3v) is 4.98. The van der Waals surface area contributed by atoms with Gasteiger partial charge in [-0.05, 0) is 61.1 Å². The van der Waals surface area contributed by atoms with Crippen molar-refractivity contribution in [3.05, 3.63) is 53.0 Å². The average Bonchev–Trinajstić information content (AvgIpc) is 3.10. The molecule has 2 aromatic rings. The van der Waals surface area contributed by atoms with Crippen LogP contribution in [0.1, 0.15) is 25.7 Å². The van der Waals surface area contributed by atoms with Crippen molar-refractivity contribution in [2.75, 3.05) is 6.61 Å². The van der Waals surface area contributed by atoms with E-state index in [4.69, 9.17) is 4.74 Å². The first-order valence-electron chi connectivity index (χ1n) is 8.31. The van der Waals surface area contributed by atoms with Gasteiger partial charge in [0.25, 0.3) is 5.91 Å². The smallest absolute Gasteiger partial charge is 0.259 e. The molecule has 128 valence electrons. The molecule has 1 fully saturated rings. The van der Waals surface area contributed by atoms with E-state index in [0.29, 0.717) is 5.75 Å². The van der Waals surface area contributed by atoms with E-state index in [1.54, 1.807) is 0 Å². The van der Waals surface area contributed by atoms with E-state index in [-0.39, 0.29) is 12.5 Å². The van der Waals surface area contributed by atoms with Gasteiger partial charge in [0, 0.05) is 4.47 Å². The molecule has 3 rings (SSSR count). The first-order valence-corrected chi connectivity index (χ1v) is 9.11. The van der Waals surface area contributed by atoms with Gasteiger partial charge in [-0.2, -0.15) is 5.26 Å². The maximum absolute atomic E-state index is 12.1. The average molecular weight is 399 g/mol. The van der Waals surface area contributed by atoms with E-state index in [1.165, 1.54) is 0 Å². The molecule has 1 aliphatic rings. The summed E-state index contributed by atoms with van der Waals surface area (Å²) >= 11 is 3.43. The number of nitrogens with one attached hydrogen (secondary N) is 1. The Kier molecular flexibility index (Phi) is 5.40. The van der Waals surface area contributed by atoms with Gasteiger partial charge < -0.3 is 10.1 Å². The monoisotopic (exact) mass is 398 g/mol. The highest BCUT2D eigenvalue weighted by Crippen LogP contribution is 2.29. The van der Waals surface area contributed by atoms with Crippen LogP contribution in [0.25, 0.3) is 11.1 Å². The van der Waals surface area contributed by atoms with Crippen LogP contribution in [-0.2, 0) is 4.79 Å². The van der Waals surface area contributed by atoms with E-state index in [0.717, 1.165) is 41.3 Å². The minimum Gasteiger partial charge on any atom is -0.484 e. The molecule has 0 atom stereocenters. The van der Waals surface area contributed by atoms with Crippen molar-refractivity contribution in [3.8, 4) is 22.9 Å². The number of benzene rings is 2. The molecule has 5 heteroatoms. The van der Waals surface area contributed by atoms with E-state index in [1.807, 2.05) is 48.5 Å². The van der Waals surface area contributed by atoms with Gasteiger partial charge in [-0.25, -0.2) is 0 Å². The van der Waals surface area contributed by atoms with Crippen LogP contribution in [0.3, 0.4) is 0 Å². The van der Waals surface area contributed by atoms with Gasteiger partial charge in [0.15, 0.2) is 6.61 Å². The van der Waals surface area contributed by atoms with Crippen molar-refractivity contribution in [1.29, 1.82) is 5.26 Å². The van der Waals surface area contributed by atoms with Crippen molar-refractivity contribution >= 4 is 21.8 Å². The number of ether oxygens (including phenoxy) is 1. The lowest BCUT2D eigenvalue weighted by Gasteiger charge is -2.21. The van der Waals surface area contributed by atoms with Gasteiger partial charge in [-0.15, -0.1) is 0 Å². The van der Waals surface area contributed by atoms with Crippen LogP contribution in [-0.4, -0.2) is 18.1 Å². The number of hydrogen-bond acceptors (Lipinski definition) is 3. The number of hydrogen-bond donors (Lipinski definition) is 1. The molecule has 0 aromatic heterocycles. The Labute approximate surface area is 155 Å². The fraction of sp³-hybridized carbons (Fsp3) is 0.300. The lowest BCUT2D eigenvalue weighted by atomic mass is 10.00. The highest BCUT2D eigenvalue weighted by molar-refractivity contribution is 9.10. The molecule has 1 N–H and O–H groups in total. The zero-order valence-electron chi connectivity index (χ0n) is 13.8. The van der Waals surface area contributed by atoms with E-state index in [9.17, 15) is 10.1 Å². The SMILES string of the molecule is N#CC1(NC(=O)COc2ccc(-c3ccc(Br)cc3)cc2)CCCC1. The van der Waals surface area contributed by atoms with Gasteiger partial charge in [0.1, 0.15) is 11.3 Å². The van der Waals surface area contributed by atoms with Crippen molar-refractivity contribution in [2.24, 2.45) is 0 Å². The second-order valence-electron chi connectivity index (χ2n) is 6.27. The Morgan fingerprint density at radius 1 is 1.08 bits per heavy atom. The number of carbonyl (C=O) groups excluding carboxylic acids is 1. The predicted molar refractivity (Wildman–Crippen MR) is 100 cm³/mol. The second-order valence-corrected chi connectivity index (χ2v) is 7.18. The summed E-state index contributed by atoms with van der Waals surface area (Å²) in [6, 6.07) is 17.9. The molecule has 1 saturated carbocycles. The third kappa shape index (κ3) is 4.40. The Morgan fingerprint density at radius 3 is 2.20 bits per heavy atom. The Balaban J connectivity index is 1.56. The van der Waals surface area contributed by atoms with Crippen LogP contribution >= 0.6 is 15.9 Å². The predicted octanol–water partition coefficient (Wildman–Crippen LogP) is 4.45. The fourth-order valence-corrected chi connectivity index (χ4v) is 3.35. The first-order chi connectivity index (χ1) is 12.1. The number of amides is 1. The lowest BCUT2D eigenvalue weighted by molar-refractivity contribution is -0.124. The summed E-state index contributed by atoms with van der Waals surface area (Å²) in [7, 11) is 0. The van der Waals surface area contributed by atoms with Crippen LogP contribution in [0, 0.1) is 11.3 Å². The number of carbonyl (C=O) groups is 1. The van der Waals surface area contributed by atoms with E-state index >= 15 is 0 Å². The summed E-state index contributed by atoms with van der Waals surface area (Å²) in [6.07, 6.45) is 3.40. The highest BCUT2D eigenvalue weighted by Gasteiger charge is 2.35. The summed E-state index contributed by atoms with van der Waals surface area (Å²) in [5.41, 5.74) is 1.50. The second kappa shape index (κ2) is 7.71. The Hall–Kier alpha value is -2.32. The molecule has 2 aromatic carbocycles. The quantitative estimate of drug-likeness (QED) is 0.808. The summed E-state index contributed by atoms with van der Waals surface area (Å²) < 4.78 is 6.59. The van der Waals surface area contributed by atoms with Crippen molar-refractivity contribution in [1.82, 2.24) is 5.32 Å². The highest BCUT2D eigenvalue weighted by atomic mass is 79.9. The molecule has 25 heavy (non-hydrogen) atoms. The zero-order chi connectivity index (χ0) is 17.7. The summed E-state index contributed by atoms with van der Waals surface area (Å²) in [4.78, 5) is 12.1. The van der Waals surface area contributed by atoms with Crippen LogP contribution in [0.4, 0.5) is 0 Å². The number of nitrogens with zero attached hydrogens (tertiary/aromatic N) is 1. The van der Waals surface area contributed by atoms with Crippen molar-refractivity contribution in [3.63, 3.8) is 0 Å². The molecule has 0 spiro atoms. The van der Waals surface area contributed by atoms with E-state index in [2.05, 4.69) is 27.3 Å². The lowest BCUT2D eigenvalue weighted by Crippen LogP contribution is -2.47. The van der Waals surface area contributed by atoms with Crippen molar-refractivity contribution in [2.45, 2.75) is 31.2 Å². The largest absolute Gasteiger partial charge is 0.484 e. The molecule has 0 heterocycles. The number of rotatable bonds is 5. The molecular weight excluding hydrogens is 380 g/mol. The molecular formula is C20H19BrN2O2. The Morgan fingerprint density at radius 2 is 1.64 bits per heavy atom. The maximum Gasteiger partial charge on any atom is 0.259 e. The summed E-state index contributed by atoms with van der Waals surface area (Å²) in [5.74, 6) is 0.383. The van der Waals surface area contributed by atoms with Gasteiger partial charge in [0.2, 0.25) is 0 Å². The fourth-order valence-electron chi connectivity index (χ4n) is 3.08. The first kappa shape index (κ1) is 17.5. The minimum absolute atomic E-state index is 0.0823. The molecule has 4 nitrogen and oxygen atoms in total. The van der Waals surface area contributed by atoms with Gasteiger partial charge in [-0.1, -0.05) is 40.2 Å². The normalized spacial score (nSPS) is 15.4. The van der Waals surface area contributed by atoms with Gasteiger partial charge in [-0.3, -0.25) is 4.79 Å². The topological polar surface area (TPSA) is 62.1 Å². The maximum atomic E-state index is 12.1. The Bertz CT molecular complexity index is 773. The standard InChI is InChI=1S/C20H19BrN2O2/c21-17-7-3-15(4-8-17)16-5-9-18(10-6-16)25-13-19(24)23-20(14-22)11-1-2-12-20/h3-10H,1-2,11-13H2,(H,23,24). The van der Waals surface area contributed by atoms with Crippen LogP contribution in [0.2, 0.25) is 0 Å². The molecule has 0 unspecified atom stereocenters. The summed E-state index contributed by atoms with van der Waals surface area (Å²) in [6.45, 7) is -0.0823. The molecule has 0 bridgehead atoms. The molecule has 0 aliphatic heterocycles.